The Morgan fingerprint density at radius 2 is 1.53 bits per heavy atom. The first-order valence-corrected chi connectivity index (χ1v) is 12.4. The number of para-hydroxylation sites is 3. The van der Waals surface area contributed by atoms with E-state index in [1.807, 2.05) is 36.4 Å². The molecular formula is C27H29Cl2N5O2. The maximum atomic E-state index is 9.21. The number of anilines is 1. The number of carbonyl (C=O) groups is 1. The molecule has 4 aromatic rings. The highest BCUT2D eigenvalue weighted by atomic mass is 35.5. The van der Waals surface area contributed by atoms with Crippen molar-refractivity contribution in [1.29, 1.82) is 0 Å². The van der Waals surface area contributed by atoms with E-state index in [2.05, 4.69) is 46.1 Å². The lowest BCUT2D eigenvalue weighted by atomic mass is 9.94. The molecule has 2 saturated heterocycles. The summed E-state index contributed by atoms with van der Waals surface area (Å²) in [6, 6.07) is 20.5. The second-order valence-electron chi connectivity index (χ2n) is 8.90. The molecule has 4 heterocycles. The van der Waals surface area contributed by atoms with Crippen molar-refractivity contribution in [2.45, 2.75) is 31.8 Å². The minimum atomic E-state index is -0.361. The standard InChI is InChI=1S/C25H25N5O.C2H3ClO.ClH/c1-2-6-20-17(5-1)9-10-23(27-20)30-15-19(16-30)31-25-24(18-11-13-26-14-12-18)28-21-7-3-4-8-22(21)29-25;1-2(3)4;/h1-10,18-19,26H,11-16H2;1H3;1H. The van der Waals surface area contributed by atoms with Gasteiger partial charge in [-0.3, -0.25) is 4.79 Å². The summed E-state index contributed by atoms with van der Waals surface area (Å²) in [5.41, 5.74) is 3.88. The quantitative estimate of drug-likeness (QED) is 0.371. The summed E-state index contributed by atoms with van der Waals surface area (Å²) in [5.74, 6) is 2.11. The molecule has 0 amide bonds. The van der Waals surface area contributed by atoms with Crippen LogP contribution >= 0.6 is 24.0 Å². The molecule has 0 atom stereocenters. The molecule has 2 aromatic heterocycles. The molecule has 2 fully saturated rings. The predicted molar refractivity (Wildman–Crippen MR) is 147 cm³/mol. The summed E-state index contributed by atoms with van der Waals surface area (Å²) in [6.45, 7) is 4.95. The smallest absolute Gasteiger partial charge is 0.236 e. The van der Waals surface area contributed by atoms with Gasteiger partial charge in [0.15, 0.2) is 0 Å². The number of halogens is 2. The number of nitrogens with zero attached hydrogens (tertiary/aromatic N) is 4. The Labute approximate surface area is 221 Å². The van der Waals surface area contributed by atoms with Crippen LogP contribution in [0.3, 0.4) is 0 Å². The second-order valence-corrected chi connectivity index (χ2v) is 9.44. The van der Waals surface area contributed by atoms with Crippen LogP contribution in [0.2, 0.25) is 0 Å². The lowest BCUT2D eigenvalue weighted by molar-refractivity contribution is -0.109. The number of rotatable bonds is 4. The van der Waals surface area contributed by atoms with E-state index in [4.69, 9.17) is 19.7 Å². The van der Waals surface area contributed by atoms with Crippen molar-refractivity contribution in [2.24, 2.45) is 0 Å². The predicted octanol–water partition coefficient (Wildman–Crippen LogP) is 5.11. The van der Waals surface area contributed by atoms with Gasteiger partial charge in [-0.1, -0.05) is 30.3 Å². The number of aromatic nitrogens is 3. The minimum Gasteiger partial charge on any atom is -0.469 e. The second kappa shape index (κ2) is 11.8. The van der Waals surface area contributed by atoms with Crippen molar-refractivity contribution < 1.29 is 9.53 Å². The van der Waals surface area contributed by atoms with Crippen LogP contribution in [0.25, 0.3) is 21.9 Å². The van der Waals surface area contributed by atoms with Crippen molar-refractivity contribution in [1.82, 2.24) is 20.3 Å². The summed E-state index contributed by atoms with van der Waals surface area (Å²) >= 11 is 4.64. The maximum absolute atomic E-state index is 9.21. The van der Waals surface area contributed by atoms with Gasteiger partial charge in [0.25, 0.3) is 0 Å². The molecule has 0 radical (unpaired) electrons. The number of ether oxygens (including phenoxy) is 1. The first-order valence-electron chi connectivity index (χ1n) is 12.0. The Kier molecular flexibility index (Phi) is 8.56. The molecule has 0 bridgehead atoms. The topological polar surface area (TPSA) is 80.2 Å². The molecule has 2 aliphatic rings. The van der Waals surface area contributed by atoms with E-state index in [9.17, 15) is 4.79 Å². The molecule has 36 heavy (non-hydrogen) atoms. The minimum absolute atomic E-state index is 0. The van der Waals surface area contributed by atoms with Gasteiger partial charge >= 0.3 is 0 Å². The molecule has 6 rings (SSSR count). The van der Waals surface area contributed by atoms with Crippen LogP contribution in [0, 0.1) is 0 Å². The molecule has 2 aromatic carbocycles. The monoisotopic (exact) mass is 525 g/mol. The van der Waals surface area contributed by atoms with Crippen LogP contribution in [0.4, 0.5) is 5.82 Å². The normalized spacial score (nSPS) is 16.0. The summed E-state index contributed by atoms with van der Waals surface area (Å²) in [6.07, 6.45) is 2.24. The number of fused-ring (bicyclic) bond motifs is 2. The van der Waals surface area contributed by atoms with Gasteiger partial charge in [-0.05, 0) is 67.9 Å². The van der Waals surface area contributed by atoms with E-state index in [1.165, 1.54) is 6.92 Å². The highest BCUT2D eigenvalue weighted by Crippen LogP contribution is 2.33. The van der Waals surface area contributed by atoms with Crippen LogP contribution in [0.1, 0.15) is 31.4 Å². The van der Waals surface area contributed by atoms with E-state index >= 15 is 0 Å². The molecule has 188 valence electrons. The lowest BCUT2D eigenvalue weighted by Gasteiger charge is -2.40. The zero-order valence-electron chi connectivity index (χ0n) is 20.1. The molecular weight excluding hydrogens is 497 g/mol. The van der Waals surface area contributed by atoms with Crippen LogP contribution in [0.15, 0.2) is 60.7 Å². The number of benzene rings is 2. The fourth-order valence-corrected chi connectivity index (χ4v) is 4.53. The zero-order chi connectivity index (χ0) is 24.2. The molecule has 0 spiro atoms. The van der Waals surface area contributed by atoms with Crippen LogP contribution in [-0.2, 0) is 4.79 Å². The molecule has 9 heteroatoms. The Balaban J connectivity index is 0.000000569. The average Bonchev–Trinajstić information content (AvgIpc) is 2.85. The van der Waals surface area contributed by atoms with Gasteiger partial charge in [-0.15, -0.1) is 12.4 Å². The number of piperidine rings is 1. The van der Waals surface area contributed by atoms with Crippen LogP contribution < -0.4 is 15.0 Å². The first-order chi connectivity index (χ1) is 17.1. The number of carbonyl (C=O) groups excluding carboxylic acids is 1. The van der Waals surface area contributed by atoms with Gasteiger partial charge in [0.2, 0.25) is 11.1 Å². The van der Waals surface area contributed by atoms with E-state index in [1.54, 1.807) is 0 Å². The van der Waals surface area contributed by atoms with Crippen LogP contribution in [-0.4, -0.2) is 52.5 Å². The lowest BCUT2D eigenvalue weighted by Crippen LogP contribution is -2.54. The molecule has 0 saturated carbocycles. The number of hydrogen-bond acceptors (Lipinski definition) is 7. The van der Waals surface area contributed by atoms with Crippen molar-refractivity contribution in [2.75, 3.05) is 31.1 Å². The third-order valence-corrected chi connectivity index (χ3v) is 6.32. The van der Waals surface area contributed by atoms with Gasteiger partial charge in [-0.2, -0.15) is 0 Å². The molecule has 0 unspecified atom stereocenters. The third kappa shape index (κ3) is 6.03. The Morgan fingerprint density at radius 3 is 2.22 bits per heavy atom. The van der Waals surface area contributed by atoms with Gasteiger partial charge < -0.3 is 15.0 Å². The number of hydrogen-bond donors (Lipinski definition) is 1. The fourth-order valence-electron chi connectivity index (χ4n) is 4.53. The molecule has 7 nitrogen and oxygen atoms in total. The Morgan fingerprint density at radius 1 is 0.917 bits per heavy atom. The first kappa shape index (κ1) is 26.1. The highest BCUT2D eigenvalue weighted by Gasteiger charge is 2.32. The number of nitrogens with one attached hydrogen (secondary N) is 1. The van der Waals surface area contributed by atoms with E-state index < -0.39 is 0 Å². The average molecular weight is 526 g/mol. The summed E-state index contributed by atoms with van der Waals surface area (Å²) in [5, 5.41) is 4.24. The van der Waals surface area contributed by atoms with Crippen molar-refractivity contribution in [3.05, 3.63) is 66.4 Å². The zero-order valence-corrected chi connectivity index (χ0v) is 21.6. The maximum Gasteiger partial charge on any atom is 0.236 e. The van der Waals surface area contributed by atoms with Gasteiger partial charge in [0.05, 0.1) is 29.6 Å². The van der Waals surface area contributed by atoms with Crippen molar-refractivity contribution in [3.8, 4) is 5.88 Å². The van der Waals surface area contributed by atoms with Gasteiger partial charge in [-0.25, -0.2) is 15.0 Å². The molecule has 1 N–H and O–H groups in total. The summed E-state index contributed by atoms with van der Waals surface area (Å²) < 4.78 is 6.42. The fraction of sp³-hybridized carbons (Fsp3) is 0.333. The third-order valence-electron chi connectivity index (χ3n) is 6.32. The van der Waals surface area contributed by atoms with Crippen molar-refractivity contribution in [3.63, 3.8) is 0 Å². The Hall–Kier alpha value is -3.00. The molecule has 2 aliphatic heterocycles. The highest BCUT2D eigenvalue weighted by molar-refractivity contribution is 6.62. The van der Waals surface area contributed by atoms with Crippen molar-refractivity contribution >= 4 is 57.0 Å². The van der Waals surface area contributed by atoms with Gasteiger partial charge in [0, 0.05) is 18.2 Å². The molecule has 0 aliphatic carbocycles. The number of pyridine rings is 1. The van der Waals surface area contributed by atoms with E-state index in [0.29, 0.717) is 11.8 Å². The van der Waals surface area contributed by atoms with E-state index in [0.717, 1.165) is 72.5 Å². The largest absolute Gasteiger partial charge is 0.469 e. The van der Waals surface area contributed by atoms with Gasteiger partial charge in [0.1, 0.15) is 17.6 Å². The van der Waals surface area contributed by atoms with E-state index in [-0.39, 0.29) is 23.8 Å². The Bertz CT molecular complexity index is 1340. The SMILES string of the molecule is CC(=O)Cl.Cl.c1ccc2nc(N3CC(Oc4nc5ccccc5nc4C4CCNCC4)C3)ccc2c1. The summed E-state index contributed by atoms with van der Waals surface area (Å²) in [4.78, 5) is 26.1. The van der Waals surface area contributed by atoms with Crippen LogP contribution in [0.5, 0.6) is 5.88 Å². The summed E-state index contributed by atoms with van der Waals surface area (Å²) in [7, 11) is 0.